The molecule has 2 aliphatic rings. The second kappa shape index (κ2) is 31.9. The molecule has 0 saturated carbocycles. The Balaban J connectivity index is 0.0000139. The number of sulfonamides is 8. The standard InChI is InChI=1S/C64H88N16O16S8.Co/c1-17-73(18-2)97(81,82)41-33-45-53(49(37-41)101(89,90)77(25-9)26-10)61-65-57(45)69-62-54-46(34-42(98(83,84)74(19-3)20-4)38-50(54)102(91,92)78(27-11)28-12)59(66-62)71-64-56-48(36-44(100(87,88)76(23-7)24-8)40-52(56)104(95,96)80(31-15)32-16)60(68-64)72-63-55-47(58(67-63)70-61)35-43(99(85,86)75(21-5)22-6)39-51(55)103(93,94)79(29-13)30-14;/h33-40H,17-32H2,1-16H3;/q-2;+2. The first kappa shape index (κ1) is 84.6. The van der Waals surface area contributed by atoms with Gasteiger partial charge < -0.3 is 29.9 Å². The van der Waals surface area contributed by atoms with E-state index < -0.39 is 187 Å². The molecule has 0 fully saturated rings. The zero-order valence-electron chi connectivity index (χ0n) is 61.2. The Kier molecular flexibility index (Phi) is 25.7. The third-order valence-corrected chi connectivity index (χ3v) is 34.9. The average molecular weight is 1650 g/mol. The molecule has 41 heteroatoms. The van der Waals surface area contributed by atoms with E-state index in [9.17, 15) is 0 Å². The van der Waals surface area contributed by atoms with Crippen LogP contribution in [-0.2, 0) is 97.0 Å². The minimum atomic E-state index is -4.92. The third-order valence-electron chi connectivity index (χ3n) is 18.5. The summed E-state index contributed by atoms with van der Waals surface area (Å²) < 4.78 is 254. The summed E-state index contributed by atoms with van der Waals surface area (Å²) in [5, 5.41) is -1.67. The van der Waals surface area contributed by atoms with Crippen LogP contribution < -0.4 is 9.97 Å². The molecular formula is C64H88CoN16O16S8. The molecule has 2 aliphatic heterocycles. The molecule has 0 saturated heterocycles. The molecule has 5 heterocycles. The predicted molar refractivity (Wildman–Crippen MR) is 395 cm³/mol. The van der Waals surface area contributed by atoms with Crippen molar-refractivity contribution in [3.05, 3.63) is 48.5 Å². The Hall–Kier alpha value is -5.97. The van der Waals surface area contributed by atoms with Crippen molar-refractivity contribution in [3.63, 3.8) is 0 Å². The van der Waals surface area contributed by atoms with Crippen molar-refractivity contribution in [2.45, 2.75) is 150 Å². The Morgan fingerprint density at radius 3 is 0.686 bits per heavy atom. The van der Waals surface area contributed by atoms with Gasteiger partial charge in [0.1, 0.15) is 0 Å². The molecule has 7 aromatic rings. The Bertz CT molecular complexity index is 5350. The van der Waals surface area contributed by atoms with Gasteiger partial charge in [0, 0.05) is 160 Å². The molecular weight excluding hydrogens is 1560 g/mol. The van der Waals surface area contributed by atoms with Crippen LogP contribution in [0.1, 0.15) is 111 Å². The number of hydrogen-bond donors (Lipinski definition) is 0. The zero-order valence-corrected chi connectivity index (χ0v) is 68.8. The molecule has 0 unspecified atom stereocenters. The minimum Gasteiger partial charge on any atom is -0.357 e. The van der Waals surface area contributed by atoms with Gasteiger partial charge in [0.05, 0.1) is 62.5 Å². The van der Waals surface area contributed by atoms with Gasteiger partial charge in [-0.15, -0.1) is 0 Å². The fourth-order valence-electron chi connectivity index (χ4n) is 13.0. The fraction of sp³-hybridized carbons (Fsp3) is 0.500. The van der Waals surface area contributed by atoms with E-state index in [1.165, 1.54) is 55.4 Å². The van der Waals surface area contributed by atoms with Crippen LogP contribution in [0.2, 0.25) is 0 Å². The van der Waals surface area contributed by atoms with Gasteiger partial charge in [-0.3, -0.25) is 0 Å². The van der Waals surface area contributed by atoms with E-state index in [0.29, 0.717) is 0 Å². The van der Waals surface area contributed by atoms with Crippen molar-refractivity contribution in [1.82, 2.24) is 74.3 Å². The molecule has 0 amide bonds. The molecule has 577 valence electrons. The van der Waals surface area contributed by atoms with E-state index >= 15 is 67.3 Å². The Morgan fingerprint density at radius 1 is 0.248 bits per heavy atom. The van der Waals surface area contributed by atoms with Gasteiger partial charge in [-0.25, -0.2) is 77.3 Å². The number of benzene rings is 4. The zero-order chi connectivity index (χ0) is 77.1. The summed E-state index contributed by atoms with van der Waals surface area (Å²) in [5.74, 6) is -2.50. The molecule has 105 heavy (non-hydrogen) atoms. The van der Waals surface area contributed by atoms with Crippen LogP contribution in [0.3, 0.4) is 0 Å². The van der Waals surface area contributed by atoms with Crippen molar-refractivity contribution in [3.8, 4) is 45.6 Å². The molecule has 9 rings (SSSR count). The van der Waals surface area contributed by atoms with Gasteiger partial charge in [0.2, 0.25) is 80.2 Å². The summed E-state index contributed by atoms with van der Waals surface area (Å²) in [6.45, 7) is 22.5. The monoisotopic (exact) mass is 1650 g/mol. The fourth-order valence-corrected chi connectivity index (χ4v) is 26.1. The van der Waals surface area contributed by atoms with Gasteiger partial charge in [-0.2, -0.15) is 34.4 Å². The van der Waals surface area contributed by atoms with Crippen LogP contribution in [0.25, 0.3) is 89.7 Å². The second-order valence-electron chi connectivity index (χ2n) is 23.6. The van der Waals surface area contributed by atoms with E-state index in [-0.39, 0.29) is 143 Å². The van der Waals surface area contributed by atoms with Crippen LogP contribution in [0.5, 0.6) is 0 Å². The Labute approximate surface area is 626 Å². The van der Waals surface area contributed by atoms with Crippen molar-refractivity contribution < 1.29 is 84.1 Å². The second-order valence-corrected chi connectivity index (χ2v) is 39.0. The van der Waals surface area contributed by atoms with Crippen LogP contribution in [0.4, 0.5) is 0 Å². The topological polar surface area (TPSA) is 405 Å². The normalized spacial score (nSPS) is 13.6. The van der Waals surface area contributed by atoms with Crippen molar-refractivity contribution >= 4 is 124 Å². The van der Waals surface area contributed by atoms with E-state index in [4.69, 9.17) is 39.9 Å². The summed E-state index contributed by atoms with van der Waals surface area (Å²) >= 11 is 0. The maximum atomic E-state index is 15.6. The van der Waals surface area contributed by atoms with Crippen molar-refractivity contribution in [2.75, 3.05) is 105 Å². The summed E-state index contributed by atoms with van der Waals surface area (Å²) in [4.78, 5) is 34.0. The maximum absolute atomic E-state index is 15.6. The first-order chi connectivity index (χ1) is 48.9. The SMILES string of the molecule is CCN(CC)S(=O)(=O)c1cc2c(c(S(=O)(=O)N(CC)CC)c1)-c1nc-2nc2[n-]c(nc3nc(nc4[n-]c(n1)c1cc(S(=O)(=O)N(CC)CC)cc(S(=O)(=O)N(CC)CC)c41)-c1cc(S(=O)(=O)N(CC)CC)cc(S(=O)(=O)N(CC)CC)c1-3)c1cc(S(=O)(=O)N(CC)CC)cc(S(=O)(=O)N(CC)CC)c21.[Co+2]. The van der Waals surface area contributed by atoms with Gasteiger partial charge in [-0.05, 0) is 59.3 Å². The first-order valence-corrected chi connectivity index (χ1v) is 45.9. The van der Waals surface area contributed by atoms with E-state index in [0.717, 1.165) is 83.0 Å². The molecule has 32 nitrogen and oxygen atoms in total. The minimum absolute atomic E-state index is 0. The van der Waals surface area contributed by atoms with Gasteiger partial charge in [0.15, 0.2) is 0 Å². The average Bonchev–Trinajstić information content (AvgIpc) is 1.60. The number of nitrogens with zero attached hydrogens (tertiary/aromatic N) is 16. The maximum Gasteiger partial charge on any atom is 2.00 e. The first-order valence-electron chi connectivity index (χ1n) is 34.3. The van der Waals surface area contributed by atoms with Crippen LogP contribution >= 0.6 is 0 Å². The summed E-state index contributed by atoms with van der Waals surface area (Å²) in [7, 11) is -38.4. The van der Waals surface area contributed by atoms with Gasteiger partial charge in [-0.1, -0.05) is 111 Å². The quantitative estimate of drug-likeness (QED) is 0.0442. The van der Waals surface area contributed by atoms with Gasteiger partial charge in [0.25, 0.3) is 0 Å². The Morgan fingerprint density at radius 2 is 0.448 bits per heavy atom. The molecule has 8 bridgehead atoms. The third kappa shape index (κ3) is 14.5. The molecule has 1 radical (unpaired) electrons. The number of aromatic nitrogens is 8. The van der Waals surface area contributed by atoms with Crippen molar-refractivity contribution in [2.24, 2.45) is 0 Å². The number of hydrogen-bond acceptors (Lipinski definition) is 22. The summed E-state index contributed by atoms with van der Waals surface area (Å²) in [6.07, 6.45) is 0. The molecule has 0 spiro atoms. The summed E-state index contributed by atoms with van der Waals surface area (Å²) in [5.41, 5.74) is -4.17. The molecule has 0 atom stereocenters. The smallest absolute Gasteiger partial charge is 0.357 e. The predicted octanol–water partition coefficient (Wildman–Crippen LogP) is 6.37. The molecule has 4 aromatic carbocycles. The van der Waals surface area contributed by atoms with Crippen LogP contribution in [-0.4, -0.2) is 236 Å². The van der Waals surface area contributed by atoms with E-state index in [1.54, 1.807) is 55.4 Å². The van der Waals surface area contributed by atoms with Crippen LogP contribution in [0, 0.1) is 0 Å². The number of rotatable bonds is 32. The molecule has 3 aromatic heterocycles. The largest absolute Gasteiger partial charge is 2.00 e. The van der Waals surface area contributed by atoms with Crippen molar-refractivity contribution in [1.29, 1.82) is 0 Å². The molecule has 0 aliphatic carbocycles. The summed E-state index contributed by atoms with van der Waals surface area (Å²) in [6, 6.07) is 8.00. The van der Waals surface area contributed by atoms with E-state index in [2.05, 4.69) is 0 Å². The molecule has 0 N–H and O–H groups in total. The van der Waals surface area contributed by atoms with Gasteiger partial charge >= 0.3 is 16.8 Å². The van der Waals surface area contributed by atoms with E-state index in [1.807, 2.05) is 0 Å². The van der Waals surface area contributed by atoms with Crippen LogP contribution in [0.15, 0.2) is 87.7 Å². The number of fused-ring (bicyclic) bond motifs is 20.